The SMILES string of the molecule is CC(C)(F)CN1CCC(COc2ccc(-c3ccc(C(=O)N4CCC[C@H](O)C4)c(F)c3)cn2)CC1. The molecule has 0 bridgehead atoms. The number of β-amino-alcohol motifs (C(OH)–C–C–N with tert-alkyl or cyclic N) is 1. The predicted octanol–water partition coefficient (Wildman–Crippen LogP) is 4.32. The zero-order valence-corrected chi connectivity index (χ0v) is 20.6. The third-order valence-electron chi connectivity index (χ3n) is 6.73. The quantitative estimate of drug-likeness (QED) is 0.630. The van der Waals surface area contributed by atoms with E-state index in [1.54, 1.807) is 32.2 Å². The van der Waals surface area contributed by atoms with Gasteiger partial charge in [-0.1, -0.05) is 6.07 Å². The van der Waals surface area contributed by atoms with E-state index in [1.807, 2.05) is 6.07 Å². The van der Waals surface area contributed by atoms with Crippen LogP contribution in [0.2, 0.25) is 0 Å². The van der Waals surface area contributed by atoms with E-state index in [2.05, 4.69) is 9.88 Å². The summed E-state index contributed by atoms with van der Waals surface area (Å²) < 4.78 is 34.5. The Labute approximate surface area is 205 Å². The molecule has 4 rings (SSSR count). The number of aromatic nitrogens is 1. The summed E-state index contributed by atoms with van der Waals surface area (Å²) in [4.78, 5) is 20.7. The number of pyridine rings is 1. The number of carbonyl (C=O) groups excluding carboxylic acids is 1. The second kappa shape index (κ2) is 11.0. The van der Waals surface area contributed by atoms with Gasteiger partial charge < -0.3 is 19.6 Å². The number of alkyl halides is 1. The van der Waals surface area contributed by atoms with E-state index >= 15 is 0 Å². The van der Waals surface area contributed by atoms with Crippen molar-refractivity contribution in [3.63, 3.8) is 0 Å². The maximum Gasteiger partial charge on any atom is 0.256 e. The van der Waals surface area contributed by atoms with E-state index in [0.717, 1.165) is 31.5 Å². The van der Waals surface area contributed by atoms with Gasteiger partial charge in [-0.3, -0.25) is 4.79 Å². The van der Waals surface area contributed by atoms with Crippen molar-refractivity contribution in [2.45, 2.75) is 51.3 Å². The molecule has 35 heavy (non-hydrogen) atoms. The number of ether oxygens (including phenoxy) is 1. The van der Waals surface area contributed by atoms with Crippen LogP contribution in [-0.4, -0.2) is 76.9 Å². The molecule has 1 N–H and O–H groups in total. The third kappa shape index (κ3) is 6.98. The standard InChI is InChI=1S/C27H35F2N3O3/c1-27(2,29)18-31-12-9-19(10-13-31)17-35-25-8-6-21(15-30-25)20-5-7-23(24(28)14-20)26(34)32-11-3-4-22(33)16-32/h5-8,14-15,19,22,33H,3-4,9-13,16-18H2,1-2H3/t22-/m0/s1. The molecule has 1 atom stereocenters. The Morgan fingerprint density at radius 3 is 2.51 bits per heavy atom. The molecule has 6 nitrogen and oxygen atoms in total. The van der Waals surface area contributed by atoms with Crippen molar-refractivity contribution in [3.8, 4) is 17.0 Å². The number of aliphatic hydroxyl groups excluding tert-OH is 1. The van der Waals surface area contributed by atoms with Gasteiger partial charge in [0, 0.05) is 37.5 Å². The maximum atomic E-state index is 14.8. The summed E-state index contributed by atoms with van der Waals surface area (Å²) in [7, 11) is 0. The van der Waals surface area contributed by atoms with E-state index in [9.17, 15) is 18.7 Å². The number of aliphatic hydroxyl groups is 1. The fourth-order valence-corrected chi connectivity index (χ4v) is 4.86. The highest BCUT2D eigenvalue weighted by molar-refractivity contribution is 5.95. The number of hydrogen-bond donors (Lipinski definition) is 1. The zero-order valence-electron chi connectivity index (χ0n) is 20.6. The largest absolute Gasteiger partial charge is 0.477 e. The minimum atomic E-state index is -1.18. The second-order valence-corrected chi connectivity index (χ2v) is 10.4. The number of piperidine rings is 2. The van der Waals surface area contributed by atoms with Gasteiger partial charge in [-0.05, 0) is 82.3 Å². The molecule has 0 radical (unpaired) electrons. The Kier molecular flexibility index (Phi) is 8.02. The molecule has 0 aliphatic carbocycles. The van der Waals surface area contributed by atoms with Crippen molar-refractivity contribution in [2.24, 2.45) is 5.92 Å². The zero-order chi connectivity index (χ0) is 25.0. The Hall–Kier alpha value is -2.58. The molecule has 3 heterocycles. The van der Waals surface area contributed by atoms with Gasteiger partial charge >= 0.3 is 0 Å². The van der Waals surface area contributed by atoms with Crippen molar-refractivity contribution < 1.29 is 23.4 Å². The lowest BCUT2D eigenvalue weighted by Gasteiger charge is -2.34. The molecular formula is C27H35F2N3O3. The highest BCUT2D eigenvalue weighted by atomic mass is 19.1. The molecule has 190 valence electrons. The lowest BCUT2D eigenvalue weighted by molar-refractivity contribution is 0.0470. The summed E-state index contributed by atoms with van der Waals surface area (Å²) in [6, 6.07) is 8.14. The number of hydrogen-bond acceptors (Lipinski definition) is 5. The first-order valence-electron chi connectivity index (χ1n) is 12.5. The van der Waals surface area contributed by atoms with Gasteiger partial charge in [0.05, 0.1) is 18.3 Å². The Bertz CT molecular complexity index is 1000. The van der Waals surface area contributed by atoms with Gasteiger partial charge in [0.1, 0.15) is 11.5 Å². The third-order valence-corrected chi connectivity index (χ3v) is 6.73. The first-order chi connectivity index (χ1) is 16.7. The van der Waals surface area contributed by atoms with E-state index in [0.29, 0.717) is 49.9 Å². The molecule has 1 aromatic carbocycles. The van der Waals surface area contributed by atoms with Crippen LogP contribution >= 0.6 is 0 Å². The van der Waals surface area contributed by atoms with Crippen LogP contribution in [-0.2, 0) is 0 Å². The van der Waals surface area contributed by atoms with Gasteiger partial charge in [-0.15, -0.1) is 0 Å². The summed E-state index contributed by atoms with van der Waals surface area (Å²) >= 11 is 0. The van der Waals surface area contributed by atoms with Crippen LogP contribution in [0.1, 0.15) is 49.9 Å². The van der Waals surface area contributed by atoms with Crippen LogP contribution in [0.3, 0.4) is 0 Å². The lowest BCUT2D eigenvalue weighted by Crippen LogP contribution is -2.42. The van der Waals surface area contributed by atoms with Crippen LogP contribution in [0.25, 0.3) is 11.1 Å². The average Bonchev–Trinajstić information content (AvgIpc) is 2.82. The van der Waals surface area contributed by atoms with E-state index in [1.165, 1.54) is 17.0 Å². The lowest BCUT2D eigenvalue weighted by atomic mass is 9.97. The highest BCUT2D eigenvalue weighted by Crippen LogP contribution is 2.25. The number of carbonyl (C=O) groups is 1. The molecule has 1 amide bonds. The van der Waals surface area contributed by atoms with Gasteiger partial charge in [-0.2, -0.15) is 0 Å². The molecule has 2 aliphatic heterocycles. The van der Waals surface area contributed by atoms with Crippen molar-refractivity contribution >= 4 is 5.91 Å². The second-order valence-electron chi connectivity index (χ2n) is 10.4. The van der Waals surface area contributed by atoms with Gasteiger partial charge in [0.2, 0.25) is 5.88 Å². The topological polar surface area (TPSA) is 65.9 Å². The predicted molar refractivity (Wildman–Crippen MR) is 131 cm³/mol. The van der Waals surface area contributed by atoms with Crippen LogP contribution in [0.4, 0.5) is 8.78 Å². The molecule has 0 saturated carbocycles. The van der Waals surface area contributed by atoms with Crippen LogP contribution < -0.4 is 4.74 Å². The van der Waals surface area contributed by atoms with Gasteiger partial charge in [0.15, 0.2) is 0 Å². The minimum absolute atomic E-state index is 0.0110. The number of halogens is 2. The summed E-state index contributed by atoms with van der Waals surface area (Å²) in [6.45, 7) is 6.75. The van der Waals surface area contributed by atoms with Crippen molar-refractivity contribution in [1.29, 1.82) is 0 Å². The first-order valence-corrected chi connectivity index (χ1v) is 12.5. The van der Waals surface area contributed by atoms with Crippen molar-refractivity contribution in [2.75, 3.05) is 39.3 Å². The minimum Gasteiger partial charge on any atom is -0.477 e. The monoisotopic (exact) mass is 487 g/mol. The molecule has 1 aromatic heterocycles. The molecule has 8 heteroatoms. The number of benzene rings is 1. The normalized spacial score (nSPS) is 20.1. The molecule has 0 unspecified atom stereocenters. The van der Waals surface area contributed by atoms with Gasteiger partial charge in [0.25, 0.3) is 5.91 Å². The smallest absolute Gasteiger partial charge is 0.256 e. The van der Waals surface area contributed by atoms with Gasteiger partial charge in [-0.25, -0.2) is 13.8 Å². The van der Waals surface area contributed by atoms with Crippen LogP contribution in [0.5, 0.6) is 5.88 Å². The fourth-order valence-electron chi connectivity index (χ4n) is 4.86. The molecule has 2 aromatic rings. The van der Waals surface area contributed by atoms with Crippen LogP contribution in [0.15, 0.2) is 36.5 Å². The number of rotatable bonds is 7. The van der Waals surface area contributed by atoms with E-state index in [-0.39, 0.29) is 12.1 Å². The molecule has 0 spiro atoms. The molecule has 2 aliphatic rings. The van der Waals surface area contributed by atoms with E-state index < -0.39 is 23.5 Å². The Morgan fingerprint density at radius 2 is 1.89 bits per heavy atom. The molecule has 2 fully saturated rings. The number of likely N-dealkylation sites (tertiary alicyclic amines) is 2. The summed E-state index contributed by atoms with van der Waals surface area (Å²) in [5.74, 6) is -0.0584. The van der Waals surface area contributed by atoms with Crippen molar-refractivity contribution in [3.05, 3.63) is 47.9 Å². The summed E-state index contributed by atoms with van der Waals surface area (Å²) in [6.07, 6.45) is 4.39. The molecule has 2 saturated heterocycles. The van der Waals surface area contributed by atoms with E-state index in [4.69, 9.17) is 4.74 Å². The summed E-state index contributed by atoms with van der Waals surface area (Å²) in [5.41, 5.74) is 0.188. The van der Waals surface area contributed by atoms with Crippen molar-refractivity contribution in [1.82, 2.24) is 14.8 Å². The Morgan fingerprint density at radius 1 is 1.14 bits per heavy atom. The number of nitrogens with zero attached hydrogens (tertiary/aromatic N) is 3. The van der Waals surface area contributed by atoms with Crippen LogP contribution in [0, 0.1) is 11.7 Å². The summed E-state index contributed by atoms with van der Waals surface area (Å²) in [5, 5.41) is 9.80. The maximum absolute atomic E-state index is 14.8. The number of amides is 1. The Balaban J connectivity index is 1.30. The first kappa shape index (κ1) is 25.5. The molecular weight excluding hydrogens is 452 g/mol. The highest BCUT2D eigenvalue weighted by Gasteiger charge is 2.26. The fraction of sp³-hybridized carbons (Fsp3) is 0.556. The average molecular weight is 488 g/mol.